The fourth-order valence-corrected chi connectivity index (χ4v) is 2.53. The molecule has 28 heavy (non-hydrogen) atoms. The van der Waals surface area contributed by atoms with Crippen molar-refractivity contribution in [1.29, 1.82) is 0 Å². The van der Waals surface area contributed by atoms with Gasteiger partial charge in [0, 0.05) is 6.54 Å². The van der Waals surface area contributed by atoms with Gasteiger partial charge in [0.05, 0.1) is 12.5 Å². The molecular weight excluding hydrogens is 369 g/mol. The lowest BCUT2D eigenvalue weighted by Crippen LogP contribution is -2.29. The largest absolute Gasteiger partial charge is 0.481 e. The number of aliphatic carboxylic acids is 1. The number of halogens is 1. The van der Waals surface area contributed by atoms with Crippen LogP contribution in [0.5, 0.6) is 0 Å². The average molecular weight is 391 g/mol. The minimum absolute atomic E-state index is 0.0132. The second kappa shape index (κ2) is 10.4. The van der Waals surface area contributed by atoms with Crippen LogP contribution in [0.3, 0.4) is 0 Å². The van der Waals surface area contributed by atoms with Crippen LogP contribution in [0.1, 0.15) is 29.2 Å². The number of amides is 1. The third-order valence-corrected chi connectivity index (χ3v) is 4.05. The lowest BCUT2D eigenvalue weighted by atomic mass is 9.99. The number of carbonyl (C=O) groups is 2. The second-order valence-corrected chi connectivity index (χ2v) is 6.21. The molecule has 1 amide bonds. The molecule has 2 aromatic rings. The Morgan fingerprint density at radius 2 is 1.82 bits per heavy atom. The minimum atomic E-state index is -1.38. The highest BCUT2D eigenvalue weighted by molar-refractivity contribution is 5.70. The molecule has 0 saturated heterocycles. The van der Waals surface area contributed by atoms with Gasteiger partial charge in [-0.15, -0.1) is 0 Å². The summed E-state index contributed by atoms with van der Waals surface area (Å²) in [6.07, 6.45) is -3.75. The topological polar surface area (TPSA) is 116 Å². The van der Waals surface area contributed by atoms with Crippen LogP contribution in [0.2, 0.25) is 0 Å². The van der Waals surface area contributed by atoms with Gasteiger partial charge in [-0.3, -0.25) is 4.79 Å². The zero-order chi connectivity index (χ0) is 20.5. The third-order valence-electron chi connectivity index (χ3n) is 4.05. The average Bonchev–Trinajstić information content (AvgIpc) is 2.67. The van der Waals surface area contributed by atoms with Crippen LogP contribution in [0.15, 0.2) is 48.5 Å². The van der Waals surface area contributed by atoms with Crippen molar-refractivity contribution in [3.8, 4) is 0 Å². The summed E-state index contributed by atoms with van der Waals surface area (Å²) in [5.41, 5.74) is 0.938. The van der Waals surface area contributed by atoms with Crippen LogP contribution < -0.4 is 5.32 Å². The Balaban J connectivity index is 1.77. The first kappa shape index (κ1) is 21.3. The maximum Gasteiger partial charge on any atom is 0.407 e. The molecule has 0 aromatic heterocycles. The van der Waals surface area contributed by atoms with Gasteiger partial charge in [0.2, 0.25) is 0 Å². The smallest absolute Gasteiger partial charge is 0.407 e. The molecule has 0 aliphatic carbocycles. The van der Waals surface area contributed by atoms with Crippen molar-refractivity contribution in [3.05, 3.63) is 71.0 Å². The fraction of sp³-hybridized carbons (Fsp3) is 0.300. The first-order chi connectivity index (χ1) is 13.4. The van der Waals surface area contributed by atoms with Crippen molar-refractivity contribution in [1.82, 2.24) is 5.32 Å². The minimum Gasteiger partial charge on any atom is -0.481 e. The standard InChI is InChI=1S/C20H22FNO6/c21-16-10-15(7-6-14(16)11-18(24)25)19(26)17(23)8-9-22-20(27)28-12-13-4-2-1-3-5-13/h1-7,10,17,19,23,26H,8-9,11-12H2,(H,22,27)(H,24,25). The molecule has 0 radical (unpaired) electrons. The SMILES string of the molecule is O=C(O)Cc1ccc(C(O)C(O)CCNC(=O)OCc2ccccc2)cc1F. The number of aliphatic hydroxyl groups excluding tert-OH is 2. The highest BCUT2D eigenvalue weighted by atomic mass is 19.1. The Labute approximate surface area is 161 Å². The predicted molar refractivity (Wildman–Crippen MR) is 98.0 cm³/mol. The van der Waals surface area contributed by atoms with Crippen LogP contribution >= 0.6 is 0 Å². The number of aliphatic hydroxyl groups is 2. The molecule has 7 nitrogen and oxygen atoms in total. The van der Waals surface area contributed by atoms with Gasteiger partial charge in [0.1, 0.15) is 18.5 Å². The number of hydrogen-bond donors (Lipinski definition) is 4. The van der Waals surface area contributed by atoms with Crippen molar-refractivity contribution in [2.24, 2.45) is 0 Å². The van der Waals surface area contributed by atoms with E-state index < -0.39 is 36.5 Å². The molecule has 2 aromatic carbocycles. The van der Waals surface area contributed by atoms with Crippen molar-refractivity contribution in [3.63, 3.8) is 0 Å². The molecule has 2 unspecified atom stereocenters. The van der Waals surface area contributed by atoms with Gasteiger partial charge in [0.15, 0.2) is 0 Å². The summed E-state index contributed by atoms with van der Waals surface area (Å²) in [5, 5.41) is 31.3. The van der Waals surface area contributed by atoms with Crippen molar-refractivity contribution >= 4 is 12.1 Å². The number of carboxylic acid groups (broad SMARTS) is 1. The summed E-state index contributed by atoms with van der Waals surface area (Å²) in [7, 11) is 0. The molecular formula is C20H22FNO6. The van der Waals surface area contributed by atoms with E-state index in [1.54, 1.807) is 0 Å². The Hall–Kier alpha value is -2.97. The lowest BCUT2D eigenvalue weighted by molar-refractivity contribution is -0.136. The Bertz CT molecular complexity index is 799. The Morgan fingerprint density at radius 3 is 2.46 bits per heavy atom. The summed E-state index contributed by atoms with van der Waals surface area (Å²) in [4.78, 5) is 22.3. The molecule has 4 N–H and O–H groups in total. The zero-order valence-corrected chi connectivity index (χ0v) is 15.0. The Kier molecular flexibility index (Phi) is 7.91. The highest BCUT2D eigenvalue weighted by Gasteiger charge is 2.20. The molecule has 2 rings (SSSR count). The van der Waals surface area contributed by atoms with E-state index in [9.17, 15) is 24.2 Å². The Morgan fingerprint density at radius 1 is 1.11 bits per heavy atom. The molecule has 0 saturated carbocycles. The fourth-order valence-electron chi connectivity index (χ4n) is 2.53. The molecule has 2 atom stereocenters. The summed E-state index contributed by atoms with van der Waals surface area (Å²) >= 11 is 0. The van der Waals surface area contributed by atoms with Crippen molar-refractivity contribution < 1.29 is 34.0 Å². The number of ether oxygens (including phenoxy) is 1. The molecule has 0 fully saturated rings. The highest BCUT2D eigenvalue weighted by Crippen LogP contribution is 2.21. The van der Waals surface area contributed by atoms with Crippen LogP contribution in [0.25, 0.3) is 0 Å². The zero-order valence-electron chi connectivity index (χ0n) is 15.0. The van der Waals surface area contributed by atoms with E-state index in [2.05, 4.69) is 5.32 Å². The van der Waals surface area contributed by atoms with E-state index in [4.69, 9.17) is 9.84 Å². The van der Waals surface area contributed by atoms with Crippen molar-refractivity contribution in [2.45, 2.75) is 31.7 Å². The number of carboxylic acids is 1. The number of alkyl carbamates (subject to hydrolysis) is 1. The van der Waals surface area contributed by atoms with E-state index in [1.807, 2.05) is 30.3 Å². The van der Waals surface area contributed by atoms with Gasteiger partial charge in [-0.25, -0.2) is 9.18 Å². The van der Waals surface area contributed by atoms with Crippen LogP contribution in [-0.4, -0.2) is 40.0 Å². The van der Waals surface area contributed by atoms with Gasteiger partial charge in [-0.2, -0.15) is 0 Å². The van der Waals surface area contributed by atoms with Gasteiger partial charge in [-0.1, -0.05) is 42.5 Å². The maximum atomic E-state index is 13.9. The maximum absolute atomic E-state index is 13.9. The molecule has 8 heteroatoms. The molecule has 0 heterocycles. The van der Waals surface area contributed by atoms with Gasteiger partial charge < -0.3 is 25.4 Å². The molecule has 150 valence electrons. The van der Waals surface area contributed by atoms with Gasteiger partial charge >= 0.3 is 12.1 Å². The number of hydrogen-bond acceptors (Lipinski definition) is 5. The van der Waals surface area contributed by atoms with Crippen LogP contribution in [0.4, 0.5) is 9.18 Å². The van der Waals surface area contributed by atoms with Crippen LogP contribution in [-0.2, 0) is 22.6 Å². The van der Waals surface area contributed by atoms with Crippen molar-refractivity contribution in [2.75, 3.05) is 6.54 Å². The monoisotopic (exact) mass is 391 g/mol. The first-order valence-electron chi connectivity index (χ1n) is 8.67. The summed E-state index contributed by atoms with van der Waals surface area (Å²) < 4.78 is 18.9. The summed E-state index contributed by atoms with van der Waals surface area (Å²) in [6, 6.07) is 12.7. The second-order valence-electron chi connectivity index (χ2n) is 6.21. The third kappa shape index (κ3) is 6.64. The van der Waals surface area contributed by atoms with E-state index in [0.29, 0.717) is 0 Å². The number of benzene rings is 2. The van der Waals surface area contributed by atoms with Gasteiger partial charge in [-0.05, 0) is 29.2 Å². The van der Waals surface area contributed by atoms with E-state index in [0.717, 1.165) is 11.6 Å². The normalized spacial score (nSPS) is 12.8. The lowest BCUT2D eigenvalue weighted by Gasteiger charge is -2.19. The quantitative estimate of drug-likeness (QED) is 0.521. The molecule has 0 aliphatic heterocycles. The molecule has 0 spiro atoms. The first-order valence-corrected chi connectivity index (χ1v) is 8.67. The van der Waals surface area contributed by atoms with Crippen LogP contribution in [0, 0.1) is 5.82 Å². The van der Waals surface area contributed by atoms with E-state index in [1.165, 1.54) is 12.1 Å². The van der Waals surface area contributed by atoms with E-state index >= 15 is 0 Å². The van der Waals surface area contributed by atoms with Gasteiger partial charge in [0.25, 0.3) is 0 Å². The number of carbonyl (C=O) groups excluding carboxylic acids is 1. The summed E-state index contributed by atoms with van der Waals surface area (Å²) in [6.45, 7) is 0.158. The molecule has 0 aliphatic rings. The van der Waals surface area contributed by atoms with E-state index in [-0.39, 0.29) is 30.7 Å². The number of rotatable bonds is 9. The number of nitrogens with one attached hydrogen (secondary N) is 1. The molecule has 0 bridgehead atoms. The predicted octanol–water partition coefficient (Wildman–Crippen LogP) is 2.16. The summed E-state index contributed by atoms with van der Waals surface area (Å²) in [5.74, 6) is -1.94.